The molecular weight excluding hydrogens is 334 g/mol. The fraction of sp³-hybridized carbons (Fsp3) is 0.182. The number of carbonyl (C=O) groups excluding carboxylic acids is 3. The summed E-state index contributed by atoms with van der Waals surface area (Å²) in [6.45, 7) is -0.276. The topological polar surface area (TPSA) is 92.5 Å². The molecule has 3 N–H and O–H groups in total. The molecule has 0 aromatic heterocycles. The number of nitrogens with one attached hydrogen (secondary N) is 1. The molecule has 0 saturated carbocycles. The van der Waals surface area contributed by atoms with E-state index in [-0.39, 0.29) is 18.2 Å². The lowest BCUT2D eigenvalue weighted by molar-refractivity contribution is -0.128. The summed E-state index contributed by atoms with van der Waals surface area (Å²) in [7, 11) is 0. The first-order valence-corrected chi connectivity index (χ1v) is 7.07. The van der Waals surface area contributed by atoms with E-state index in [2.05, 4.69) is 21.2 Å². The van der Waals surface area contributed by atoms with Crippen LogP contribution in [0.5, 0.6) is 0 Å². The quantitative estimate of drug-likeness (QED) is 0.814. The number of nitrogens with zero attached hydrogens (tertiary/aromatic N) is 1. The predicted molar refractivity (Wildman–Crippen MR) is 76.8 cm³/mol. The maximum absolute atomic E-state index is 11.8. The van der Waals surface area contributed by atoms with Crippen molar-refractivity contribution in [2.75, 3.05) is 23.3 Å². The van der Waals surface area contributed by atoms with Crippen molar-refractivity contribution >= 4 is 56.1 Å². The molecule has 1 heterocycles. The molecule has 6 nitrogen and oxygen atoms in total. The van der Waals surface area contributed by atoms with Crippen LogP contribution in [0.2, 0.25) is 0 Å². The number of benzene rings is 1. The number of rotatable bonds is 3. The number of carbonyl (C=O) groups is 3. The lowest BCUT2D eigenvalue weighted by Gasteiger charge is -2.13. The molecule has 1 aliphatic rings. The Hall–Kier alpha value is -1.54. The van der Waals surface area contributed by atoms with Gasteiger partial charge in [0.2, 0.25) is 11.8 Å². The zero-order valence-electron chi connectivity index (χ0n) is 9.68. The van der Waals surface area contributed by atoms with E-state index in [1.165, 1.54) is 0 Å². The molecule has 1 aromatic rings. The summed E-state index contributed by atoms with van der Waals surface area (Å²) in [6.07, 6.45) is 0. The van der Waals surface area contributed by atoms with E-state index >= 15 is 0 Å². The Morgan fingerprint density at radius 1 is 1.47 bits per heavy atom. The number of anilines is 2. The largest absolute Gasteiger partial charge is 0.399 e. The van der Waals surface area contributed by atoms with E-state index < -0.39 is 11.1 Å². The van der Waals surface area contributed by atoms with Gasteiger partial charge in [-0.15, -0.1) is 0 Å². The molecule has 8 heteroatoms. The first kappa shape index (κ1) is 13.9. The SMILES string of the molecule is Nc1ccc(NC(=O)CN2C(=O)CSC2=O)c(Br)c1. The van der Waals surface area contributed by atoms with Crippen LogP contribution in [0.3, 0.4) is 0 Å². The van der Waals surface area contributed by atoms with E-state index in [1.807, 2.05) is 0 Å². The van der Waals surface area contributed by atoms with E-state index in [9.17, 15) is 14.4 Å². The summed E-state index contributed by atoms with van der Waals surface area (Å²) in [5.41, 5.74) is 6.68. The number of imide groups is 1. The maximum Gasteiger partial charge on any atom is 0.289 e. The molecule has 0 unspecified atom stereocenters. The fourth-order valence-corrected chi connectivity index (χ4v) is 2.72. The van der Waals surface area contributed by atoms with Gasteiger partial charge in [-0.1, -0.05) is 11.8 Å². The van der Waals surface area contributed by atoms with Crippen LogP contribution in [0.4, 0.5) is 16.2 Å². The van der Waals surface area contributed by atoms with Crippen LogP contribution in [0.25, 0.3) is 0 Å². The third-order valence-electron chi connectivity index (χ3n) is 2.41. The van der Waals surface area contributed by atoms with Crippen molar-refractivity contribution in [1.29, 1.82) is 0 Å². The standard InChI is InChI=1S/C11H10BrN3O3S/c12-7-3-6(13)1-2-8(7)14-9(16)4-15-10(17)5-19-11(15)18/h1-3H,4-5,13H2,(H,14,16). The number of hydrogen-bond acceptors (Lipinski definition) is 5. The Balaban J connectivity index is 2.01. The first-order valence-electron chi connectivity index (χ1n) is 5.29. The van der Waals surface area contributed by atoms with Gasteiger partial charge in [0.05, 0.1) is 11.4 Å². The summed E-state index contributed by atoms with van der Waals surface area (Å²) >= 11 is 4.16. The van der Waals surface area contributed by atoms with Crippen LogP contribution in [-0.4, -0.2) is 34.3 Å². The first-order chi connectivity index (χ1) is 8.97. The van der Waals surface area contributed by atoms with Gasteiger partial charge in [-0.25, -0.2) is 0 Å². The number of amides is 3. The second-order valence-electron chi connectivity index (χ2n) is 3.82. The fourth-order valence-electron chi connectivity index (χ4n) is 1.50. The Kier molecular flexibility index (Phi) is 4.11. The van der Waals surface area contributed by atoms with Crippen molar-refractivity contribution in [3.8, 4) is 0 Å². The van der Waals surface area contributed by atoms with Crippen molar-refractivity contribution in [2.24, 2.45) is 0 Å². The second-order valence-corrected chi connectivity index (χ2v) is 5.60. The van der Waals surface area contributed by atoms with Gasteiger partial charge in [0.25, 0.3) is 5.24 Å². The maximum atomic E-state index is 11.8. The van der Waals surface area contributed by atoms with Gasteiger partial charge in [-0.2, -0.15) is 0 Å². The van der Waals surface area contributed by atoms with Crippen LogP contribution in [0, 0.1) is 0 Å². The van der Waals surface area contributed by atoms with E-state index in [0.29, 0.717) is 15.8 Å². The lowest BCUT2D eigenvalue weighted by atomic mass is 10.3. The Labute approximate surface area is 121 Å². The van der Waals surface area contributed by atoms with Gasteiger partial charge >= 0.3 is 0 Å². The predicted octanol–water partition coefficient (Wildman–Crippen LogP) is 1.67. The number of hydrogen-bond donors (Lipinski definition) is 2. The molecule has 2 rings (SSSR count). The molecule has 100 valence electrons. The number of nitrogens with two attached hydrogens (primary N) is 1. The Morgan fingerprint density at radius 3 is 2.79 bits per heavy atom. The highest BCUT2D eigenvalue weighted by Gasteiger charge is 2.31. The molecule has 1 aliphatic heterocycles. The van der Waals surface area contributed by atoms with Crippen LogP contribution in [0.1, 0.15) is 0 Å². The molecule has 19 heavy (non-hydrogen) atoms. The van der Waals surface area contributed by atoms with Crippen molar-refractivity contribution in [3.05, 3.63) is 22.7 Å². The molecule has 1 aromatic carbocycles. The van der Waals surface area contributed by atoms with Gasteiger partial charge < -0.3 is 11.1 Å². The van der Waals surface area contributed by atoms with E-state index in [1.54, 1.807) is 18.2 Å². The average molecular weight is 344 g/mol. The molecule has 0 atom stereocenters. The number of halogens is 1. The zero-order chi connectivity index (χ0) is 14.0. The van der Waals surface area contributed by atoms with Crippen LogP contribution in [0.15, 0.2) is 22.7 Å². The molecule has 1 fully saturated rings. The van der Waals surface area contributed by atoms with Crippen LogP contribution in [-0.2, 0) is 9.59 Å². The summed E-state index contributed by atoms with van der Waals surface area (Å²) in [6, 6.07) is 4.93. The van der Waals surface area contributed by atoms with Crippen LogP contribution < -0.4 is 11.1 Å². The van der Waals surface area contributed by atoms with Gasteiger partial charge in [0.1, 0.15) is 6.54 Å². The molecule has 0 aliphatic carbocycles. The van der Waals surface area contributed by atoms with E-state index in [0.717, 1.165) is 16.7 Å². The molecule has 0 bridgehead atoms. The monoisotopic (exact) mass is 343 g/mol. The minimum atomic E-state index is -0.435. The van der Waals surface area contributed by atoms with Gasteiger partial charge in [0, 0.05) is 10.2 Å². The highest BCUT2D eigenvalue weighted by Crippen LogP contribution is 2.25. The molecule has 1 saturated heterocycles. The minimum absolute atomic E-state index is 0.0949. The highest BCUT2D eigenvalue weighted by molar-refractivity contribution is 9.10. The summed E-state index contributed by atoms with van der Waals surface area (Å²) in [5, 5.41) is 2.22. The second kappa shape index (κ2) is 5.62. The van der Waals surface area contributed by atoms with Gasteiger partial charge in [-0.05, 0) is 34.1 Å². The highest BCUT2D eigenvalue weighted by atomic mass is 79.9. The number of thioether (sulfide) groups is 1. The molecule has 0 spiro atoms. The Morgan fingerprint density at radius 2 is 2.21 bits per heavy atom. The normalized spacial score (nSPS) is 14.9. The minimum Gasteiger partial charge on any atom is -0.399 e. The third kappa shape index (κ3) is 3.27. The molecule has 0 radical (unpaired) electrons. The zero-order valence-corrected chi connectivity index (χ0v) is 12.1. The van der Waals surface area contributed by atoms with Gasteiger partial charge in [0.15, 0.2) is 0 Å². The summed E-state index contributed by atoms with van der Waals surface area (Å²) in [4.78, 5) is 35.4. The molecular formula is C11H10BrN3O3S. The smallest absolute Gasteiger partial charge is 0.289 e. The Bertz CT molecular complexity index is 548. The third-order valence-corrected chi connectivity index (χ3v) is 3.92. The average Bonchev–Trinajstić information content (AvgIpc) is 2.65. The summed E-state index contributed by atoms with van der Waals surface area (Å²) < 4.78 is 0.634. The molecule has 3 amide bonds. The lowest BCUT2D eigenvalue weighted by Crippen LogP contribution is -2.36. The summed E-state index contributed by atoms with van der Waals surface area (Å²) in [5.74, 6) is -0.686. The van der Waals surface area contributed by atoms with Crippen molar-refractivity contribution in [1.82, 2.24) is 4.90 Å². The van der Waals surface area contributed by atoms with Crippen molar-refractivity contribution < 1.29 is 14.4 Å². The van der Waals surface area contributed by atoms with E-state index in [4.69, 9.17) is 5.73 Å². The number of nitrogen functional groups attached to an aromatic ring is 1. The van der Waals surface area contributed by atoms with Crippen molar-refractivity contribution in [2.45, 2.75) is 0 Å². The van der Waals surface area contributed by atoms with Crippen LogP contribution >= 0.6 is 27.7 Å². The van der Waals surface area contributed by atoms with Gasteiger partial charge in [-0.3, -0.25) is 19.3 Å². The van der Waals surface area contributed by atoms with Crippen molar-refractivity contribution in [3.63, 3.8) is 0 Å².